The lowest BCUT2D eigenvalue weighted by atomic mass is 9.81. The predicted octanol–water partition coefficient (Wildman–Crippen LogP) is 3.24. The minimum Gasteiger partial charge on any atom is -0.493 e. The van der Waals surface area contributed by atoms with Crippen molar-refractivity contribution in [3.63, 3.8) is 0 Å². The summed E-state index contributed by atoms with van der Waals surface area (Å²) >= 11 is 0. The molecule has 1 aliphatic heterocycles. The van der Waals surface area contributed by atoms with Crippen LogP contribution in [0.3, 0.4) is 0 Å². The number of ether oxygens (including phenoxy) is 7. The number of hydrogen-bond acceptors (Lipinski definition) is 8. The quantitative estimate of drug-likeness (QED) is 0.530. The van der Waals surface area contributed by atoms with Gasteiger partial charge in [0.1, 0.15) is 0 Å². The number of methoxy groups -OCH3 is 5. The summed E-state index contributed by atoms with van der Waals surface area (Å²) in [5, 5.41) is 11.3. The van der Waals surface area contributed by atoms with E-state index in [2.05, 4.69) is 0 Å². The molecule has 2 aromatic carbocycles. The molecule has 8 nitrogen and oxygen atoms in total. The Morgan fingerprint density at radius 3 is 2.22 bits per heavy atom. The van der Waals surface area contributed by atoms with Crippen LogP contribution in [0.4, 0.5) is 0 Å². The zero-order chi connectivity index (χ0) is 23.1. The Hall–Kier alpha value is -2.68. The molecule has 0 saturated heterocycles. The first-order valence-corrected chi connectivity index (χ1v) is 10.4. The van der Waals surface area contributed by atoms with E-state index < -0.39 is 6.10 Å². The summed E-state index contributed by atoms with van der Waals surface area (Å²) in [6.07, 6.45) is -0.176. The van der Waals surface area contributed by atoms with Gasteiger partial charge in [-0.3, -0.25) is 0 Å². The van der Waals surface area contributed by atoms with E-state index >= 15 is 0 Å². The Balaban J connectivity index is 1.89. The van der Waals surface area contributed by atoms with Crippen LogP contribution in [0.1, 0.15) is 17.2 Å². The lowest BCUT2D eigenvalue weighted by molar-refractivity contribution is -0.00838. The van der Waals surface area contributed by atoms with Gasteiger partial charge >= 0.3 is 0 Å². The lowest BCUT2D eigenvalue weighted by Crippen LogP contribution is -2.31. The summed E-state index contributed by atoms with van der Waals surface area (Å²) < 4.78 is 38.3. The Morgan fingerprint density at radius 1 is 0.844 bits per heavy atom. The van der Waals surface area contributed by atoms with Crippen molar-refractivity contribution in [3.05, 3.63) is 41.5 Å². The number of aliphatic hydroxyl groups is 1. The second-order valence-corrected chi connectivity index (χ2v) is 7.63. The van der Waals surface area contributed by atoms with Crippen molar-refractivity contribution in [2.45, 2.75) is 12.5 Å². The maximum Gasteiger partial charge on any atom is 0.231 e. The van der Waals surface area contributed by atoms with Crippen molar-refractivity contribution >= 4 is 0 Å². The van der Waals surface area contributed by atoms with Crippen LogP contribution < -0.4 is 23.7 Å². The van der Waals surface area contributed by atoms with Crippen molar-refractivity contribution < 1.29 is 38.3 Å². The van der Waals surface area contributed by atoms with E-state index in [-0.39, 0.29) is 18.6 Å². The highest BCUT2D eigenvalue weighted by Gasteiger charge is 2.31. The monoisotopic (exact) mass is 448 g/mol. The van der Waals surface area contributed by atoms with Crippen LogP contribution in [-0.4, -0.2) is 60.7 Å². The van der Waals surface area contributed by atoms with E-state index in [9.17, 15) is 5.11 Å². The third kappa shape index (κ3) is 5.20. The molecule has 0 saturated carbocycles. The average Bonchev–Trinajstić information content (AvgIpc) is 3.29. The van der Waals surface area contributed by atoms with Crippen LogP contribution >= 0.6 is 0 Å². The van der Waals surface area contributed by atoms with E-state index in [0.29, 0.717) is 53.9 Å². The van der Waals surface area contributed by atoms with Crippen LogP contribution in [-0.2, 0) is 15.9 Å². The highest BCUT2D eigenvalue weighted by atomic mass is 16.7. The zero-order valence-electron chi connectivity index (χ0n) is 19.3. The van der Waals surface area contributed by atoms with E-state index in [4.69, 9.17) is 33.2 Å². The summed E-state index contributed by atoms with van der Waals surface area (Å²) in [5.41, 5.74) is 1.71. The number of hydrogen-bond donors (Lipinski definition) is 1. The first-order valence-electron chi connectivity index (χ1n) is 10.4. The van der Waals surface area contributed by atoms with Gasteiger partial charge in [0.15, 0.2) is 23.0 Å². The van der Waals surface area contributed by atoms with Crippen LogP contribution in [0.5, 0.6) is 28.7 Å². The van der Waals surface area contributed by atoms with Gasteiger partial charge in [0.2, 0.25) is 12.5 Å². The molecule has 32 heavy (non-hydrogen) atoms. The van der Waals surface area contributed by atoms with E-state index in [1.54, 1.807) is 47.7 Å². The van der Waals surface area contributed by atoms with Crippen molar-refractivity contribution in [1.29, 1.82) is 0 Å². The van der Waals surface area contributed by atoms with Crippen LogP contribution in [0.15, 0.2) is 30.3 Å². The normalized spacial score (nSPS) is 15.2. The van der Waals surface area contributed by atoms with E-state index in [1.165, 1.54) is 0 Å². The molecule has 0 bridgehead atoms. The van der Waals surface area contributed by atoms with Gasteiger partial charge in [-0.2, -0.15) is 0 Å². The topological polar surface area (TPSA) is 84.8 Å². The van der Waals surface area contributed by atoms with Gasteiger partial charge in [0.05, 0.1) is 34.0 Å². The fourth-order valence-corrected chi connectivity index (χ4v) is 4.11. The number of aliphatic hydroxyl groups excluding tert-OH is 1. The molecular formula is C24H32O8. The van der Waals surface area contributed by atoms with Gasteiger partial charge in [-0.25, -0.2) is 0 Å². The number of fused-ring (bicyclic) bond motifs is 1. The molecule has 0 spiro atoms. The van der Waals surface area contributed by atoms with E-state index in [0.717, 1.165) is 5.56 Å². The predicted molar refractivity (Wildman–Crippen MR) is 118 cm³/mol. The van der Waals surface area contributed by atoms with Crippen molar-refractivity contribution in [2.75, 3.05) is 55.6 Å². The SMILES string of the molecule is COC[C@H](Cc1cc(OC)c2c(c1)OCO2)[C@@H](COC)[C@@H](O)c1ccc(OC)c(OC)c1. The molecule has 1 N–H and O–H groups in total. The maximum absolute atomic E-state index is 11.3. The minimum absolute atomic E-state index is 0.0480. The van der Waals surface area contributed by atoms with Gasteiger partial charge in [0.25, 0.3) is 0 Å². The molecule has 0 aromatic heterocycles. The smallest absolute Gasteiger partial charge is 0.231 e. The third-order valence-electron chi connectivity index (χ3n) is 5.72. The molecule has 3 rings (SSSR count). The molecule has 0 aliphatic carbocycles. The summed E-state index contributed by atoms with van der Waals surface area (Å²) in [6.45, 7) is 0.960. The molecule has 0 radical (unpaired) electrons. The summed E-state index contributed by atoms with van der Waals surface area (Å²) in [5.74, 6) is 2.76. The highest BCUT2D eigenvalue weighted by Crippen LogP contribution is 2.43. The lowest BCUT2D eigenvalue weighted by Gasteiger charge is -2.31. The molecular weight excluding hydrogens is 416 g/mol. The fourth-order valence-electron chi connectivity index (χ4n) is 4.11. The highest BCUT2D eigenvalue weighted by molar-refractivity contribution is 5.55. The number of benzene rings is 2. The largest absolute Gasteiger partial charge is 0.493 e. The van der Waals surface area contributed by atoms with Crippen LogP contribution in [0.25, 0.3) is 0 Å². The van der Waals surface area contributed by atoms with Crippen molar-refractivity contribution in [2.24, 2.45) is 11.8 Å². The van der Waals surface area contributed by atoms with Gasteiger partial charge in [-0.15, -0.1) is 0 Å². The summed E-state index contributed by atoms with van der Waals surface area (Å²) in [7, 11) is 8.03. The van der Waals surface area contributed by atoms with Gasteiger partial charge in [0, 0.05) is 26.7 Å². The average molecular weight is 449 g/mol. The molecule has 176 valence electrons. The molecule has 1 heterocycles. The van der Waals surface area contributed by atoms with Crippen molar-refractivity contribution in [1.82, 2.24) is 0 Å². The molecule has 0 amide bonds. The molecule has 0 unspecified atom stereocenters. The number of rotatable bonds is 12. The Morgan fingerprint density at radius 2 is 1.56 bits per heavy atom. The first kappa shape index (κ1) is 24.0. The van der Waals surface area contributed by atoms with Gasteiger partial charge < -0.3 is 38.3 Å². The van der Waals surface area contributed by atoms with Crippen LogP contribution in [0.2, 0.25) is 0 Å². The first-order chi connectivity index (χ1) is 15.6. The summed E-state index contributed by atoms with van der Waals surface area (Å²) in [6, 6.07) is 9.29. The second-order valence-electron chi connectivity index (χ2n) is 7.63. The van der Waals surface area contributed by atoms with Gasteiger partial charge in [-0.1, -0.05) is 6.07 Å². The molecule has 2 aromatic rings. The molecule has 1 aliphatic rings. The minimum atomic E-state index is -0.800. The van der Waals surface area contributed by atoms with Gasteiger partial charge in [-0.05, 0) is 47.7 Å². The second kappa shape index (κ2) is 11.3. The molecule has 8 heteroatoms. The Bertz CT molecular complexity index is 885. The fraction of sp³-hybridized carbons (Fsp3) is 0.500. The Labute approximate surface area is 188 Å². The van der Waals surface area contributed by atoms with Crippen LogP contribution in [0, 0.1) is 11.8 Å². The molecule has 0 fully saturated rings. The molecule has 3 atom stereocenters. The third-order valence-corrected chi connectivity index (χ3v) is 5.72. The zero-order valence-corrected chi connectivity index (χ0v) is 19.3. The summed E-state index contributed by atoms with van der Waals surface area (Å²) in [4.78, 5) is 0. The Kier molecular flexibility index (Phi) is 8.44. The van der Waals surface area contributed by atoms with E-state index in [1.807, 2.05) is 18.2 Å². The standard InChI is InChI=1S/C24H32O8/c1-26-12-17(8-15-9-21(30-5)24-22(10-15)31-14-32-24)18(13-27-2)23(25)16-6-7-19(28-3)20(11-16)29-4/h6-7,9-11,17-18,23,25H,8,12-14H2,1-5H3/t17-,18+,23-/m0/s1. The maximum atomic E-state index is 11.3. The van der Waals surface area contributed by atoms with Crippen molar-refractivity contribution in [3.8, 4) is 28.7 Å².